The van der Waals surface area contributed by atoms with Gasteiger partial charge in [-0.1, -0.05) is 30.7 Å². The molecule has 2 aromatic carbocycles. The number of nitrogens with one attached hydrogen (secondary N) is 1. The smallest absolute Gasteiger partial charge is 0.255 e. The molecule has 2 aliphatic rings. The summed E-state index contributed by atoms with van der Waals surface area (Å²) in [6, 6.07) is 17.4. The quantitative estimate of drug-likeness (QED) is 0.500. The monoisotopic (exact) mass is 469 g/mol. The van der Waals surface area contributed by atoms with Crippen LogP contribution in [0.15, 0.2) is 60.9 Å². The Bertz CT molecular complexity index is 1170. The molecule has 5 rings (SSSR count). The minimum absolute atomic E-state index is 0.135. The highest BCUT2D eigenvalue weighted by molar-refractivity contribution is 6.04. The first-order valence-corrected chi connectivity index (χ1v) is 12.9. The molecule has 5 nitrogen and oxygen atoms in total. The summed E-state index contributed by atoms with van der Waals surface area (Å²) in [5.74, 6) is 0.738. The lowest BCUT2D eigenvalue weighted by Gasteiger charge is -2.38. The molecule has 2 heterocycles. The van der Waals surface area contributed by atoms with Crippen molar-refractivity contribution in [2.75, 3.05) is 18.5 Å². The number of pyridine rings is 1. The first-order chi connectivity index (χ1) is 17.1. The number of aryl methyl sites for hydroxylation is 1. The number of nitrogens with zero attached hydrogens (tertiary/aromatic N) is 2. The third-order valence-electron chi connectivity index (χ3n) is 7.17. The summed E-state index contributed by atoms with van der Waals surface area (Å²) in [7, 11) is 0. The summed E-state index contributed by atoms with van der Waals surface area (Å²) in [5.41, 5.74) is 6.01. The van der Waals surface area contributed by atoms with Crippen LogP contribution < -0.4 is 10.1 Å². The molecule has 182 valence electrons. The Morgan fingerprint density at radius 1 is 1.00 bits per heavy atom. The number of carbonyl (C=O) groups excluding carboxylic acids is 1. The predicted molar refractivity (Wildman–Crippen MR) is 140 cm³/mol. The van der Waals surface area contributed by atoms with E-state index in [0.717, 1.165) is 42.3 Å². The van der Waals surface area contributed by atoms with E-state index in [1.807, 2.05) is 31.2 Å². The van der Waals surface area contributed by atoms with Gasteiger partial charge in [0, 0.05) is 30.8 Å². The second kappa shape index (κ2) is 11.0. The van der Waals surface area contributed by atoms with E-state index in [9.17, 15) is 4.79 Å². The van der Waals surface area contributed by atoms with Crippen molar-refractivity contribution in [3.63, 3.8) is 0 Å². The average Bonchev–Trinajstić information content (AvgIpc) is 2.80. The van der Waals surface area contributed by atoms with Crippen molar-refractivity contribution in [2.45, 2.75) is 64.5 Å². The van der Waals surface area contributed by atoms with Gasteiger partial charge in [0.05, 0.1) is 18.5 Å². The van der Waals surface area contributed by atoms with E-state index in [4.69, 9.17) is 4.74 Å². The van der Waals surface area contributed by atoms with Crippen molar-refractivity contribution in [3.8, 4) is 5.75 Å². The van der Waals surface area contributed by atoms with Crippen LogP contribution in [0.2, 0.25) is 0 Å². The highest BCUT2D eigenvalue weighted by Crippen LogP contribution is 2.29. The third-order valence-corrected chi connectivity index (χ3v) is 7.17. The largest absolute Gasteiger partial charge is 0.493 e. The number of aromatic nitrogens is 1. The molecular formula is C30H35N3O2. The maximum absolute atomic E-state index is 13.0. The predicted octanol–water partition coefficient (Wildman–Crippen LogP) is 6.15. The molecule has 1 aliphatic carbocycles. The molecule has 0 atom stereocenters. The Morgan fingerprint density at radius 3 is 2.71 bits per heavy atom. The molecule has 0 radical (unpaired) electrons. The number of hydrogen-bond acceptors (Lipinski definition) is 4. The molecule has 3 aromatic rings. The van der Waals surface area contributed by atoms with E-state index in [2.05, 4.69) is 39.5 Å². The lowest BCUT2D eigenvalue weighted by Crippen LogP contribution is -2.40. The molecule has 0 saturated heterocycles. The normalized spacial score (nSPS) is 17.4. The van der Waals surface area contributed by atoms with Gasteiger partial charge in [0.2, 0.25) is 0 Å². The van der Waals surface area contributed by atoms with Gasteiger partial charge >= 0.3 is 0 Å². The van der Waals surface area contributed by atoms with Crippen molar-refractivity contribution in [3.05, 3.63) is 88.7 Å². The second-order valence-electron chi connectivity index (χ2n) is 9.99. The molecule has 35 heavy (non-hydrogen) atoms. The summed E-state index contributed by atoms with van der Waals surface area (Å²) >= 11 is 0. The SMILES string of the molecule is Cc1cncc(NC(=O)c2ccc3c(c2)Cc2cccc(c2)CN(C2CCC2)CCCCCO3)c1. The highest BCUT2D eigenvalue weighted by atomic mass is 16.5. The molecule has 1 aromatic heterocycles. The number of amides is 1. The summed E-state index contributed by atoms with van der Waals surface area (Å²) in [5, 5.41) is 2.97. The fourth-order valence-corrected chi connectivity index (χ4v) is 5.04. The summed E-state index contributed by atoms with van der Waals surface area (Å²) in [4.78, 5) is 19.9. The van der Waals surface area contributed by atoms with Crippen LogP contribution in [0.25, 0.3) is 0 Å². The Balaban J connectivity index is 1.39. The molecule has 1 amide bonds. The maximum Gasteiger partial charge on any atom is 0.255 e. The lowest BCUT2D eigenvalue weighted by molar-refractivity contribution is 0.102. The number of fused-ring (bicyclic) bond motifs is 3. The van der Waals surface area contributed by atoms with Crippen molar-refractivity contribution in [1.29, 1.82) is 0 Å². The van der Waals surface area contributed by atoms with E-state index in [-0.39, 0.29) is 5.91 Å². The van der Waals surface area contributed by atoms with Gasteiger partial charge in [-0.25, -0.2) is 0 Å². The van der Waals surface area contributed by atoms with Gasteiger partial charge in [-0.3, -0.25) is 14.7 Å². The van der Waals surface area contributed by atoms with Gasteiger partial charge in [0.25, 0.3) is 5.91 Å². The van der Waals surface area contributed by atoms with Crippen LogP contribution in [0.5, 0.6) is 5.75 Å². The number of anilines is 1. The summed E-state index contributed by atoms with van der Waals surface area (Å²) in [6.45, 7) is 4.86. The third kappa shape index (κ3) is 6.09. The van der Waals surface area contributed by atoms with Gasteiger partial charge in [0.1, 0.15) is 5.75 Å². The average molecular weight is 470 g/mol. The molecule has 2 bridgehead atoms. The van der Waals surface area contributed by atoms with Gasteiger partial charge in [-0.15, -0.1) is 0 Å². The molecule has 1 fully saturated rings. The summed E-state index contributed by atoms with van der Waals surface area (Å²) < 4.78 is 6.22. The lowest BCUT2D eigenvalue weighted by atomic mass is 9.90. The van der Waals surface area contributed by atoms with Crippen LogP contribution >= 0.6 is 0 Å². The van der Waals surface area contributed by atoms with E-state index in [0.29, 0.717) is 17.9 Å². The summed E-state index contributed by atoms with van der Waals surface area (Å²) in [6.07, 6.45) is 11.6. The standard InChI is InChI=1S/C30H35N3O2/c1-22-15-27(20-31-19-22)32-30(34)25-11-12-29-26(18-25)17-23-7-5-8-24(16-23)21-33(28-9-6-10-28)13-3-2-4-14-35-29/h5,7-8,11-12,15-16,18-20,28H,2-4,6,9-10,13-14,17,21H2,1H3,(H,32,34). The fourth-order valence-electron chi connectivity index (χ4n) is 5.04. The van der Waals surface area contributed by atoms with Gasteiger partial charge < -0.3 is 10.1 Å². The van der Waals surface area contributed by atoms with E-state index in [1.54, 1.807) is 12.4 Å². The molecule has 0 spiro atoms. The second-order valence-corrected chi connectivity index (χ2v) is 9.99. The Hall–Kier alpha value is -3.18. The zero-order valence-corrected chi connectivity index (χ0v) is 20.6. The van der Waals surface area contributed by atoms with Gasteiger partial charge in [-0.05, 0) is 92.1 Å². The zero-order valence-electron chi connectivity index (χ0n) is 20.6. The van der Waals surface area contributed by atoms with Crippen molar-refractivity contribution in [1.82, 2.24) is 9.88 Å². The highest BCUT2D eigenvalue weighted by Gasteiger charge is 2.24. The topological polar surface area (TPSA) is 54.5 Å². The molecular weight excluding hydrogens is 434 g/mol. The van der Waals surface area contributed by atoms with Crippen molar-refractivity contribution >= 4 is 11.6 Å². The molecule has 5 heteroatoms. The Labute approximate surface area is 208 Å². The van der Waals surface area contributed by atoms with E-state index < -0.39 is 0 Å². The maximum atomic E-state index is 13.0. The number of hydrogen-bond donors (Lipinski definition) is 1. The number of carbonyl (C=O) groups is 1. The number of ether oxygens (including phenoxy) is 1. The Morgan fingerprint density at radius 2 is 1.89 bits per heavy atom. The van der Waals surface area contributed by atoms with E-state index in [1.165, 1.54) is 49.8 Å². The van der Waals surface area contributed by atoms with Crippen molar-refractivity contribution < 1.29 is 9.53 Å². The van der Waals surface area contributed by atoms with Gasteiger partial charge in [-0.2, -0.15) is 0 Å². The van der Waals surface area contributed by atoms with Crippen LogP contribution in [-0.2, 0) is 13.0 Å². The van der Waals surface area contributed by atoms with Crippen LogP contribution in [0.3, 0.4) is 0 Å². The fraction of sp³-hybridized carbons (Fsp3) is 0.400. The number of rotatable bonds is 3. The van der Waals surface area contributed by atoms with Crippen LogP contribution in [0, 0.1) is 6.92 Å². The van der Waals surface area contributed by atoms with Gasteiger partial charge in [0.15, 0.2) is 0 Å². The first kappa shape index (κ1) is 23.6. The van der Waals surface area contributed by atoms with E-state index >= 15 is 0 Å². The minimum atomic E-state index is -0.135. The number of benzene rings is 2. The first-order valence-electron chi connectivity index (χ1n) is 12.9. The van der Waals surface area contributed by atoms with Crippen LogP contribution in [0.1, 0.15) is 71.1 Å². The molecule has 1 N–H and O–H groups in total. The Kier molecular flexibility index (Phi) is 7.43. The minimum Gasteiger partial charge on any atom is -0.493 e. The van der Waals surface area contributed by atoms with Crippen LogP contribution in [0.4, 0.5) is 5.69 Å². The van der Waals surface area contributed by atoms with Crippen molar-refractivity contribution in [2.24, 2.45) is 0 Å². The zero-order chi connectivity index (χ0) is 24.0. The molecule has 1 saturated carbocycles. The van der Waals surface area contributed by atoms with Crippen LogP contribution in [-0.4, -0.2) is 35.0 Å². The molecule has 0 unspecified atom stereocenters. The molecule has 1 aliphatic heterocycles.